The van der Waals surface area contributed by atoms with Gasteiger partial charge in [0.15, 0.2) is 0 Å². The molecule has 0 bridgehead atoms. The van der Waals surface area contributed by atoms with E-state index in [1.54, 1.807) is 0 Å². The maximum atomic E-state index is 12.6. The van der Waals surface area contributed by atoms with E-state index in [-0.39, 0.29) is 4.90 Å². The van der Waals surface area contributed by atoms with Gasteiger partial charge in [-0.15, -0.1) is 0 Å². The number of ether oxygens (including phenoxy) is 1. The van der Waals surface area contributed by atoms with Gasteiger partial charge >= 0.3 is 5.97 Å². The molecule has 140 valence electrons. The number of halogens is 1. The molecule has 0 fully saturated rings. The number of fused-ring (bicyclic) bond motifs is 1. The van der Waals surface area contributed by atoms with Crippen LogP contribution in [0.25, 0.3) is 10.8 Å². The summed E-state index contributed by atoms with van der Waals surface area (Å²) in [5.41, 5.74) is 4.27. The summed E-state index contributed by atoms with van der Waals surface area (Å²) in [6.45, 7) is 2.80. The average molecular weight is 400 g/mol. The predicted molar refractivity (Wildman–Crippen MR) is 98.4 cm³/mol. The second-order valence-corrected chi connectivity index (χ2v) is 7.95. The number of nitrogens with two attached hydrogens (primary N) is 1. The molecule has 0 aliphatic heterocycles. The maximum absolute atomic E-state index is 12.6. The van der Waals surface area contributed by atoms with Crippen molar-refractivity contribution in [1.29, 1.82) is 5.41 Å². The first-order valence-electron chi connectivity index (χ1n) is 7.29. The number of anilines is 1. The lowest BCUT2D eigenvalue weighted by Crippen LogP contribution is -2.50. The number of pyridine rings is 1. The van der Waals surface area contributed by atoms with Crippen molar-refractivity contribution in [3.63, 3.8) is 0 Å². The van der Waals surface area contributed by atoms with E-state index < -0.39 is 27.5 Å². The Bertz CT molecular complexity index is 977. The van der Waals surface area contributed by atoms with Gasteiger partial charge in [-0.2, -0.15) is 4.72 Å². The molecule has 1 aromatic heterocycles. The predicted octanol–water partition coefficient (Wildman–Crippen LogP) is 1.32. The first-order chi connectivity index (χ1) is 12.0. The number of methoxy groups -OCH3 is 1. The van der Waals surface area contributed by atoms with E-state index in [4.69, 9.17) is 22.9 Å². The molecule has 0 saturated heterocycles. The van der Waals surface area contributed by atoms with E-state index in [1.165, 1.54) is 51.6 Å². The zero-order chi connectivity index (χ0) is 19.7. The molecule has 1 aromatic carbocycles. The maximum Gasteiger partial charge on any atom is 0.326 e. The summed E-state index contributed by atoms with van der Waals surface area (Å²) in [6.07, 6.45) is 2.86. The fourth-order valence-corrected chi connectivity index (χ4v) is 3.82. The van der Waals surface area contributed by atoms with E-state index in [0.29, 0.717) is 16.5 Å². The Morgan fingerprint density at radius 2 is 2.04 bits per heavy atom. The van der Waals surface area contributed by atoms with Crippen LogP contribution in [-0.2, 0) is 19.6 Å². The van der Waals surface area contributed by atoms with E-state index in [9.17, 15) is 13.2 Å². The van der Waals surface area contributed by atoms with E-state index in [2.05, 4.69) is 14.4 Å². The zero-order valence-corrected chi connectivity index (χ0v) is 15.9. The lowest BCUT2D eigenvalue weighted by Gasteiger charge is -2.23. The van der Waals surface area contributed by atoms with Gasteiger partial charge in [0.05, 0.1) is 23.9 Å². The van der Waals surface area contributed by atoms with Gasteiger partial charge in [-0.1, -0.05) is 6.07 Å². The van der Waals surface area contributed by atoms with Gasteiger partial charge < -0.3 is 10.5 Å². The highest BCUT2D eigenvalue weighted by Crippen LogP contribution is 2.29. The number of nitrogens with one attached hydrogen (secondary N) is 2. The summed E-state index contributed by atoms with van der Waals surface area (Å²) in [7, 11) is -2.83. The molecule has 0 saturated carbocycles. The van der Waals surface area contributed by atoms with Crippen LogP contribution in [-0.4, -0.2) is 38.0 Å². The number of benzene rings is 1. The van der Waals surface area contributed by atoms with Gasteiger partial charge in [0, 0.05) is 28.7 Å². The van der Waals surface area contributed by atoms with Crippen LogP contribution in [0.3, 0.4) is 0 Å². The molecule has 0 aliphatic carbocycles. The molecule has 4 N–H and O–H groups in total. The van der Waals surface area contributed by atoms with Crippen molar-refractivity contribution in [1.82, 2.24) is 9.71 Å². The molecule has 2 rings (SSSR count). The number of esters is 1. The number of hydrogen-bond acceptors (Lipinski definition) is 6. The van der Waals surface area contributed by atoms with E-state index in [1.807, 2.05) is 0 Å². The number of sulfonamides is 1. The number of hydrogen-bond donors (Lipinski definition) is 3. The minimum absolute atomic E-state index is 0.0649. The smallest absolute Gasteiger partial charge is 0.326 e. The Kier molecular flexibility index (Phi) is 5.40. The molecule has 0 unspecified atom stereocenters. The lowest BCUT2D eigenvalue weighted by molar-refractivity contribution is -0.146. The van der Waals surface area contributed by atoms with Crippen molar-refractivity contribution in [2.75, 3.05) is 11.5 Å². The minimum Gasteiger partial charge on any atom is -0.468 e. The number of guanidine groups is 1. The van der Waals surface area contributed by atoms with Crippen LogP contribution < -0.4 is 14.9 Å². The number of rotatable bonds is 5. The molecule has 0 aliphatic rings. The van der Waals surface area contributed by atoms with Crippen LogP contribution in [0.2, 0.25) is 0 Å². The normalized spacial score (nSPS) is 12.0. The third kappa shape index (κ3) is 3.87. The molecule has 0 radical (unpaired) electrons. The molecule has 0 spiro atoms. The third-order valence-corrected chi connectivity index (χ3v) is 5.55. The SMILES string of the molecule is COC(=O)C(C)(C)NS(=O)(=O)c1ccc2c(N(Cl)C(=N)N)cncc2c1. The van der Waals surface area contributed by atoms with Crippen LogP contribution in [0.1, 0.15) is 13.8 Å². The van der Waals surface area contributed by atoms with Crippen molar-refractivity contribution < 1.29 is 17.9 Å². The molecule has 26 heavy (non-hydrogen) atoms. The Hall–Kier alpha value is -2.43. The second-order valence-electron chi connectivity index (χ2n) is 5.93. The third-order valence-electron chi connectivity index (χ3n) is 3.53. The van der Waals surface area contributed by atoms with Gasteiger partial charge in [0.2, 0.25) is 16.0 Å². The number of aromatic nitrogens is 1. The van der Waals surface area contributed by atoms with Gasteiger partial charge in [0.1, 0.15) is 5.54 Å². The highest BCUT2D eigenvalue weighted by Gasteiger charge is 2.34. The van der Waals surface area contributed by atoms with Crippen LogP contribution >= 0.6 is 11.8 Å². The molecule has 0 atom stereocenters. The van der Waals surface area contributed by atoms with Crippen molar-refractivity contribution in [2.45, 2.75) is 24.3 Å². The quantitative estimate of drug-likeness (QED) is 0.298. The number of carbonyl (C=O) groups excluding carboxylic acids is 1. The van der Waals surface area contributed by atoms with Crippen LogP contribution in [0, 0.1) is 5.41 Å². The molecule has 0 amide bonds. The standard InChI is InChI=1S/C15H18ClN5O4S/c1-15(2,13(22)25-3)20-26(23,24)10-4-5-11-9(6-10)7-19-8-12(11)21(16)14(17)18/h4-8,20H,1-3H3,(H3,17,18). The van der Waals surface area contributed by atoms with Crippen molar-refractivity contribution in [3.05, 3.63) is 30.6 Å². The van der Waals surface area contributed by atoms with E-state index in [0.717, 1.165) is 4.42 Å². The summed E-state index contributed by atoms with van der Waals surface area (Å²) in [5, 5.41) is 8.42. The van der Waals surface area contributed by atoms with Gasteiger partial charge in [-0.3, -0.25) is 15.2 Å². The summed E-state index contributed by atoms with van der Waals surface area (Å²) in [4.78, 5) is 15.7. The fourth-order valence-electron chi connectivity index (χ4n) is 2.28. The minimum atomic E-state index is -4.01. The Morgan fingerprint density at radius 1 is 1.38 bits per heavy atom. The first-order valence-corrected chi connectivity index (χ1v) is 9.12. The molecule has 11 heteroatoms. The topological polar surface area (TPSA) is 138 Å². The molecule has 9 nitrogen and oxygen atoms in total. The summed E-state index contributed by atoms with van der Waals surface area (Å²) in [5.74, 6) is -1.12. The number of nitrogens with zero attached hydrogens (tertiary/aromatic N) is 2. The average Bonchev–Trinajstić information content (AvgIpc) is 2.58. The van der Waals surface area contributed by atoms with Crippen LogP contribution in [0.5, 0.6) is 0 Å². The zero-order valence-electron chi connectivity index (χ0n) is 14.3. The Balaban J connectivity index is 2.49. The summed E-state index contributed by atoms with van der Waals surface area (Å²) in [6, 6.07) is 4.25. The number of carbonyl (C=O) groups is 1. The van der Waals surface area contributed by atoms with Crippen LogP contribution in [0.4, 0.5) is 5.69 Å². The van der Waals surface area contributed by atoms with Crippen molar-refractivity contribution in [3.8, 4) is 0 Å². The monoisotopic (exact) mass is 399 g/mol. The first kappa shape index (κ1) is 19.9. The van der Waals surface area contributed by atoms with Crippen molar-refractivity contribution in [2.24, 2.45) is 5.73 Å². The largest absolute Gasteiger partial charge is 0.468 e. The Labute approximate surface area is 155 Å². The molecule has 1 heterocycles. The van der Waals surface area contributed by atoms with Gasteiger partial charge in [-0.05, 0) is 26.0 Å². The fraction of sp³-hybridized carbons (Fsp3) is 0.267. The molecule has 2 aromatic rings. The Morgan fingerprint density at radius 3 is 2.62 bits per heavy atom. The van der Waals surface area contributed by atoms with Crippen LogP contribution in [0.15, 0.2) is 35.5 Å². The summed E-state index contributed by atoms with van der Waals surface area (Å²) < 4.78 is 33.0. The van der Waals surface area contributed by atoms with Crippen molar-refractivity contribution >= 4 is 50.2 Å². The summed E-state index contributed by atoms with van der Waals surface area (Å²) >= 11 is 5.95. The second kappa shape index (κ2) is 7.06. The highest BCUT2D eigenvalue weighted by molar-refractivity contribution is 7.89. The highest BCUT2D eigenvalue weighted by atomic mass is 35.5. The molecular formula is C15H18ClN5O4S. The van der Waals surface area contributed by atoms with E-state index >= 15 is 0 Å². The van der Waals surface area contributed by atoms with Gasteiger partial charge in [-0.25, -0.2) is 12.8 Å². The lowest BCUT2D eigenvalue weighted by atomic mass is 10.1. The van der Waals surface area contributed by atoms with Gasteiger partial charge in [0.25, 0.3) is 0 Å². The molecular weight excluding hydrogens is 382 g/mol.